The zero-order valence-electron chi connectivity index (χ0n) is 13.1. The Bertz CT molecular complexity index is 799. The Morgan fingerprint density at radius 2 is 2.08 bits per heavy atom. The van der Waals surface area contributed by atoms with Gasteiger partial charge in [0.1, 0.15) is 12.3 Å². The average Bonchev–Trinajstić information content (AvgIpc) is 3.30. The highest BCUT2D eigenvalue weighted by Gasteiger charge is 2.11. The molecule has 2 N–H and O–H groups in total. The molecule has 0 saturated heterocycles. The van der Waals surface area contributed by atoms with Gasteiger partial charge >= 0.3 is 0 Å². The highest BCUT2D eigenvalue weighted by Crippen LogP contribution is 2.26. The average molecular weight is 343 g/mol. The summed E-state index contributed by atoms with van der Waals surface area (Å²) in [4.78, 5) is 13.2. The van der Waals surface area contributed by atoms with E-state index < -0.39 is 0 Å². The monoisotopic (exact) mass is 343 g/mol. The highest BCUT2D eigenvalue weighted by molar-refractivity contribution is 7.09. The smallest absolute Gasteiger partial charge is 0.272 e. The number of nitrogens with one attached hydrogen (secondary N) is 2. The van der Waals surface area contributed by atoms with Crippen LogP contribution in [0.15, 0.2) is 47.8 Å². The van der Waals surface area contributed by atoms with E-state index >= 15 is 0 Å². The number of methoxy groups -OCH3 is 1. The minimum atomic E-state index is -0.219. The van der Waals surface area contributed by atoms with Crippen LogP contribution in [0.4, 0.5) is 0 Å². The van der Waals surface area contributed by atoms with Crippen molar-refractivity contribution < 1.29 is 14.3 Å². The second kappa shape index (κ2) is 7.65. The van der Waals surface area contributed by atoms with E-state index in [1.807, 2.05) is 41.8 Å². The van der Waals surface area contributed by atoms with Gasteiger partial charge in [-0.15, -0.1) is 11.3 Å². The summed E-state index contributed by atoms with van der Waals surface area (Å²) >= 11 is 1.60. The molecule has 24 heavy (non-hydrogen) atoms. The minimum absolute atomic E-state index is 0.219. The molecule has 0 fully saturated rings. The molecule has 0 bridgehead atoms. The number of H-pyrrole nitrogens is 1. The molecule has 0 aliphatic heterocycles. The van der Waals surface area contributed by atoms with Crippen molar-refractivity contribution in [1.29, 1.82) is 0 Å². The number of amides is 1. The molecule has 3 rings (SSSR count). The van der Waals surface area contributed by atoms with Gasteiger partial charge in [-0.25, -0.2) is 0 Å². The Balaban J connectivity index is 1.56. The first-order valence-corrected chi connectivity index (χ1v) is 8.25. The van der Waals surface area contributed by atoms with Crippen molar-refractivity contribution in [3.8, 4) is 11.5 Å². The highest BCUT2D eigenvalue weighted by atomic mass is 32.1. The standard InChI is InChI=1S/C17H17N3O3S/c1-22-15-6-2-3-7-16(15)23-11-12-9-14(20-19-12)17(21)18-10-13-5-4-8-24-13/h2-9H,10-11H2,1H3,(H,18,21)(H,19,20). The third-order valence-corrected chi connectivity index (χ3v) is 4.20. The van der Waals surface area contributed by atoms with E-state index in [1.165, 1.54) is 0 Å². The van der Waals surface area contributed by atoms with E-state index in [0.29, 0.717) is 29.4 Å². The van der Waals surface area contributed by atoms with E-state index in [0.717, 1.165) is 4.88 Å². The fourth-order valence-electron chi connectivity index (χ4n) is 2.12. The molecule has 0 atom stereocenters. The van der Waals surface area contributed by atoms with E-state index in [-0.39, 0.29) is 12.5 Å². The lowest BCUT2D eigenvalue weighted by Gasteiger charge is -2.08. The van der Waals surface area contributed by atoms with Crippen molar-refractivity contribution in [2.24, 2.45) is 0 Å². The number of carbonyl (C=O) groups excluding carboxylic acids is 1. The van der Waals surface area contributed by atoms with E-state index in [4.69, 9.17) is 9.47 Å². The number of hydrogen-bond donors (Lipinski definition) is 2. The van der Waals surface area contributed by atoms with Gasteiger partial charge in [0.05, 0.1) is 19.3 Å². The largest absolute Gasteiger partial charge is 0.493 e. The van der Waals surface area contributed by atoms with Gasteiger partial charge in [0.15, 0.2) is 11.5 Å². The maximum absolute atomic E-state index is 12.1. The molecule has 2 aromatic heterocycles. The van der Waals surface area contributed by atoms with Gasteiger partial charge in [0.25, 0.3) is 5.91 Å². The summed E-state index contributed by atoms with van der Waals surface area (Å²) in [5.74, 6) is 1.08. The summed E-state index contributed by atoms with van der Waals surface area (Å²) in [6.07, 6.45) is 0. The first-order chi connectivity index (χ1) is 11.8. The molecule has 0 aliphatic rings. The van der Waals surface area contributed by atoms with Crippen LogP contribution < -0.4 is 14.8 Å². The quantitative estimate of drug-likeness (QED) is 0.691. The van der Waals surface area contributed by atoms with E-state index in [1.54, 1.807) is 24.5 Å². The fraction of sp³-hybridized carbons (Fsp3) is 0.176. The summed E-state index contributed by atoms with van der Waals surface area (Å²) in [6.45, 7) is 0.766. The van der Waals surface area contributed by atoms with Gasteiger partial charge in [-0.05, 0) is 29.6 Å². The predicted octanol–water partition coefficient (Wildman–Crippen LogP) is 2.99. The second-order valence-electron chi connectivity index (χ2n) is 4.98. The van der Waals surface area contributed by atoms with Crippen LogP contribution in [-0.2, 0) is 13.2 Å². The first-order valence-electron chi connectivity index (χ1n) is 7.37. The fourth-order valence-corrected chi connectivity index (χ4v) is 2.76. The summed E-state index contributed by atoms with van der Waals surface area (Å²) in [7, 11) is 1.59. The minimum Gasteiger partial charge on any atom is -0.493 e. The predicted molar refractivity (Wildman–Crippen MR) is 91.4 cm³/mol. The van der Waals surface area contributed by atoms with Gasteiger partial charge in [-0.1, -0.05) is 18.2 Å². The molecule has 3 aromatic rings. The first kappa shape index (κ1) is 16.1. The number of carbonyl (C=O) groups is 1. The van der Waals surface area contributed by atoms with Crippen molar-refractivity contribution >= 4 is 17.2 Å². The Morgan fingerprint density at radius 1 is 1.25 bits per heavy atom. The summed E-state index contributed by atoms with van der Waals surface area (Å²) in [6, 6.07) is 13.0. The SMILES string of the molecule is COc1ccccc1OCc1cc(C(=O)NCc2cccs2)n[nH]1. The normalized spacial score (nSPS) is 10.4. The maximum Gasteiger partial charge on any atom is 0.272 e. The third kappa shape index (κ3) is 3.94. The lowest BCUT2D eigenvalue weighted by Crippen LogP contribution is -2.22. The Labute approximate surface area is 143 Å². The van der Waals surface area contributed by atoms with Crippen LogP contribution in [0.3, 0.4) is 0 Å². The van der Waals surface area contributed by atoms with Crippen LogP contribution in [0.1, 0.15) is 21.1 Å². The molecular weight excluding hydrogens is 326 g/mol. The molecule has 0 aliphatic carbocycles. The molecule has 7 heteroatoms. The lowest BCUT2D eigenvalue weighted by atomic mass is 10.3. The molecule has 1 amide bonds. The molecule has 0 spiro atoms. The van der Waals surface area contributed by atoms with E-state index in [9.17, 15) is 4.79 Å². The van der Waals surface area contributed by atoms with Gasteiger partial charge in [-0.2, -0.15) is 5.10 Å². The van der Waals surface area contributed by atoms with Crippen LogP contribution in [0.2, 0.25) is 0 Å². The molecule has 124 valence electrons. The Hall–Kier alpha value is -2.80. The number of aromatic nitrogens is 2. The molecule has 0 saturated carbocycles. The molecule has 6 nitrogen and oxygen atoms in total. The van der Waals surface area contributed by atoms with Crippen LogP contribution in [0, 0.1) is 0 Å². The molecule has 0 unspecified atom stereocenters. The summed E-state index contributed by atoms with van der Waals surface area (Å²) in [5.41, 5.74) is 1.05. The van der Waals surface area contributed by atoms with Crippen molar-refractivity contribution in [2.45, 2.75) is 13.2 Å². The molecule has 1 aromatic carbocycles. The molecular formula is C17H17N3O3S. The van der Waals surface area contributed by atoms with Crippen molar-refractivity contribution in [1.82, 2.24) is 15.5 Å². The van der Waals surface area contributed by atoms with Gasteiger partial charge < -0.3 is 14.8 Å². The maximum atomic E-state index is 12.1. The topological polar surface area (TPSA) is 76.2 Å². The Kier molecular flexibility index (Phi) is 5.12. The van der Waals surface area contributed by atoms with E-state index in [2.05, 4.69) is 15.5 Å². The Morgan fingerprint density at radius 3 is 2.83 bits per heavy atom. The number of aromatic amines is 1. The van der Waals surface area contributed by atoms with Gasteiger partial charge in [0.2, 0.25) is 0 Å². The van der Waals surface area contributed by atoms with Crippen LogP contribution in [0.5, 0.6) is 11.5 Å². The number of rotatable bonds is 7. The van der Waals surface area contributed by atoms with Gasteiger partial charge in [0, 0.05) is 4.88 Å². The lowest BCUT2D eigenvalue weighted by molar-refractivity contribution is 0.0946. The van der Waals surface area contributed by atoms with Gasteiger partial charge in [-0.3, -0.25) is 9.89 Å². The number of ether oxygens (including phenoxy) is 2. The number of thiophene rings is 1. The molecule has 2 heterocycles. The van der Waals surface area contributed by atoms with Crippen molar-refractivity contribution in [2.75, 3.05) is 7.11 Å². The second-order valence-corrected chi connectivity index (χ2v) is 6.01. The summed E-state index contributed by atoms with van der Waals surface area (Å²) < 4.78 is 10.9. The number of nitrogens with zero attached hydrogens (tertiary/aromatic N) is 1. The van der Waals surface area contributed by atoms with Crippen molar-refractivity contribution in [3.05, 3.63) is 64.1 Å². The number of para-hydroxylation sites is 2. The molecule has 0 radical (unpaired) electrons. The van der Waals surface area contributed by atoms with Crippen LogP contribution in [0.25, 0.3) is 0 Å². The summed E-state index contributed by atoms with van der Waals surface area (Å²) in [5, 5.41) is 11.6. The number of hydrogen-bond acceptors (Lipinski definition) is 5. The third-order valence-electron chi connectivity index (χ3n) is 3.32. The number of benzene rings is 1. The zero-order chi connectivity index (χ0) is 16.8. The van der Waals surface area contributed by atoms with Crippen LogP contribution in [-0.4, -0.2) is 23.2 Å². The van der Waals surface area contributed by atoms with Crippen molar-refractivity contribution in [3.63, 3.8) is 0 Å². The zero-order valence-corrected chi connectivity index (χ0v) is 13.9. The van der Waals surface area contributed by atoms with Crippen LogP contribution >= 0.6 is 11.3 Å².